The van der Waals surface area contributed by atoms with Gasteiger partial charge in [-0.15, -0.1) is 0 Å². The first-order valence-corrected chi connectivity index (χ1v) is 10.5. The number of H-pyrrole nitrogens is 1. The quantitative estimate of drug-likeness (QED) is 0.655. The topological polar surface area (TPSA) is 101 Å². The van der Waals surface area contributed by atoms with Gasteiger partial charge in [-0.2, -0.15) is 5.10 Å². The molecule has 3 heterocycles. The van der Waals surface area contributed by atoms with Crippen LogP contribution in [0, 0.1) is 6.92 Å². The van der Waals surface area contributed by atoms with E-state index < -0.39 is 0 Å². The third-order valence-corrected chi connectivity index (χ3v) is 5.73. The van der Waals surface area contributed by atoms with Crippen molar-refractivity contribution < 1.29 is 14.1 Å². The van der Waals surface area contributed by atoms with Crippen molar-refractivity contribution >= 4 is 5.91 Å². The van der Waals surface area contributed by atoms with Gasteiger partial charge in [-0.3, -0.25) is 9.59 Å². The van der Waals surface area contributed by atoms with Gasteiger partial charge in [-0.1, -0.05) is 17.3 Å². The number of benzene rings is 1. The number of carbonyl (C=O) groups excluding carboxylic acids is 1. The Labute approximate surface area is 180 Å². The Balaban J connectivity index is 1.38. The van der Waals surface area contributed by atoms with Crippen molar-refractivity contribution in [3.05, 3.63) is 63.7 Å². The molecule has 1 aromatic carbocycles. The lowest BCUT2D eigenvalue weighted by Gasteiger charge is -2.32. The number of hydrogen-bond acceptors (Lipinski definition) is 6. The summed E-state index contributed by atoms with van der Waals surface area (Å²) in [5, 5.41) is 10.8. The highest BCUT2D eigenvalue weighted by atomic mass is 16.5. The summed E-state index contributed by atoms with van der Waals surface area (Å²) < 4.78 is 10.6. The molecule has 0 bridgehead atoms. The smallest absolute Gasteiger partial charge is 0.264 e. The van der Waals surface area contributed by atoms with E-state index in [1.807, 2.05) is 36.1 Å². The molecule has 1 amide bonds. The third-order valence-electron chi connectivity index (χ3n) is 5.73. The number of hydrogen-bond donors (Lipinski definition) is 1. The maximum absolute atomic E-state index is 12.7. The lowest BCUT2D eigenvalue weighted by molar-refractivity contribution is -0.132. The van der Waals surface area contributed by atoms with E-state index in [1.165, 1.54) is 6.07 Å². The second-order valence-corrected chi connectivity index (χ2v) is 7.87. The van der Waals surface area contributed by atoms with E-state index in [2.05, 4.69) is 15.4 Å². The molecule has 0 spiro atoms. The third kappa shape index (κ3) is 4.84. The average Bonchev–Trinajstić information content (AvgIpc) is 3.24. The Kier molecular flexibility index (Phi) is 6.16. The van der Waals surface area contributed by atoms with Crippen LogP contribution in [0.1, 0.15) is 42.1 Å². The van der Waals surface area contributed by atoms with Crippen molar-refractivity contribution in [3.8, 4) is 17.1 Å². The lowest BCUT2D eigenvalue weighted by atomic mass is 9.90. The number of aromatic nitrogens is 3. The van der Waals surface area contributed by atoms with E-state index in [1.54, 1.807) is 13.2 Å². The molecule has 162 valence electrons. The van der Waals surface area contributed by atoms with E-state index in [4.69, 9.17) is 9.26 Å². The highest BCUT2D eigenvalue weighted by molar-refractivity contribution is 5.76. The summed E-state index contributed by atoms with van der Waals surface area (Å²) in [6.07, 6.45) is 2.72. The predicted octanol–water partition coefficient (Wildman–Crippen LogP) is 3.08. The molecular formula is C23H26N4O4. The van der Waals surface area contributed by atoms with E-state index in [0.717, 1.165) is 35.5 Å². The molecule has 0 saturated carbocycles. The fourth-order valence-corrected chi connectivity index (χ4v) is 4.05. The largest absolute Gasteiger partial charge is 0.497 e. The maximum atomic E-state index is 12.7. The number of piperidine rings is 1. The SMILES string of the molecule is COc1cccc(CCC(=O)N2CCC(c3n[nH]c(=O)cc3-c3cc(C)no3)CC2)c1. The Morgan fingerprint density at radius 3 is 2.77 bits per heavy atom. The summed E-state index contributed by atoms with van der Waals surface area (Å²) in [6, 6.07) is 11.1. The van der Waals surface area contributed by atoms with Crippen LogP contribution >= 0.6 is 0 Å². The number of nitrogens with zero attached hydrogens (tertiary/aromatic N) is 3. The monoisotopic (exact) mass is 422 g/mol. The minimum absolute atomic E-state index is 0.139. The molecule has 0 radical (unpaired) electrons. The minimum Gasteiger partial charge on any atom is -0.497 e. The molecule has 0 atom stereocenters. The molecule has 1 aliphatic rings. The Morgan fingerprint density at radius 1 is 1.26 bits per heavy atom. The molecule has 1 saturated heterocycles. The van der Waals surface area contributed by atoms with Crippen LogP contribution in [0.15, 0.2) is 45.7 Å². The molecule has 1 aliphatic heterocycles. The van der Waals surface area contributed by atoms with Crippen LogP contribution in [-0.2, 0) is 11.2 Å². The molecule has 0 aliphatic carbocycles. The summed E-state index contributed by atoms with van der Waals surface area (Å²) in [5.41, 5.74) is 3.02. The van der Waals surface area contributed by atoms with Crippen molar-refractivity contribution in [1.82, 2.24) is 20.3 Å². The molecule has 1 fully saturated rings. The van der Waals surface area contributed by atoms with Crippen molar-refractivity contribution in [2.75, 3.05) is 20.2 Å². The van der Waals surface area contributed by atoms with Gasteiger partial charge in [0.15, 0.2) is 5.76 Å². The Hall–Kier alpha value is -3.42. The van der Waals surface area contributed by atoms with E-state index in [0.29, 0.717) is 37.3 Å². The van der Waals surface area contributed by atoms with Gasteiger partial charge in [0.2, 0.25) is 5.91 Å². The second-order valence-electron chi connectivity index (χ2n) is 7.87. The van der Waals surface area contributed by atoms with E-state index in [9.17, 15) is 9.59 Å². The number of amides is 1. The first-order valence-electron chi connectivity index (χ1n) is 10.5. The summed E-state index contributed by atoms with van der Waals surface area (Å²) in [7, 11) is 1.64. The summed E-state index contributed by atoms with van der Waals surface area (Å²) in [5.74, 6) is 1.64. The van der Waals surface area contributed by atoms with Gasteiger partial charge in [0.1, 0.15) is 5.75 Å². The van der Waals surface area contributed by atoms with Gasteiger partial charge in [0.05, 0.1) is 18.5 Å². The van der Waals surface area contributed by atoms with Crippen molar-refractivity contribution in [2.45, 2.75) is 38.5 Å². The maximum Gasteiger partial charge on any atom is 0.264 e. The first-order chi connectivity index (χ1) is 15.0. The van der Waals surface area contributed by atoms with Gasteiger partial charge < -0.3 is 14.2 Å². The summed E-state index contributed by atoms with van der Waals surface area (Å²) in [4.78, 5) is 26.5. The number of ether oxygens (including phenoxy) is 1. The van der Waals surface area contributed by atoms with Gasteiger partial charge in [-0.05, 0) is 43.9 Å². The van der Waals surface area contributed by atoms with Gasteiger partial charge in [0, 0.05) is 43.1 Å². The molecule has 0 unspecified atom stereocenters. The van der Waals surface area contributed by atoms with Gasteiger partial charge >= 0.3 is 0 Å². The molecule has 4 rings (SSSR count). The van der Waals surface area contributed by atoms with Crippen molar-refractivity contribution in [1.29, 1.82) is 0 Å². The summed E-state index contributed by atoms with van der Waals surface area (Å²) in [6.45, 7) is 3.16. The fraction of sp³-hybridized carbons (Fsp3) is 0.391. The lowest BCUT2D eigenvalue weighted by Crippen LogP contribution is -2.38. The number of carbonyl (C=O) groups is 1. The van der Waals surface area contributed by atoms with Crippen LogP contribution in [0.3, 0.4) is 0 Å². The Bertz CT molecular complexity index is 1110. The van der Waals surface area contributed by atoms with Crippen molar-refractivity contribution in [3.63, 3.8) is 0 Å². The highest BCUT2D eigenvalue weighted by Crippen LogP contribution is 2.33. The molecule has 3 aromatic rings. The van der Waals surface area contributed by atoms with Gasteiger partial charge in [-0.25, -0.2) is 5.10 Å². The van der Waals surface area contributed by atoms with Crippen molar-refractivity contribution in [2.24, 2.45) is 0 Å². The number of rotatable bonds is 6. The molecule has 2 aromatic heterocycles. The van der Waals surface area contributed by atoms with Crippen LogP contribution in [0.2, 0.25) is 0 Å². The molecule has 31 heavy (non-hydrogen) atoms. The zero-order valence-electron chi connectivity index (χ0n) is 17.8. The molecule has 1 N–H and O–H groups in total. The molecule has 8 heteroatoms. The van der Waals surface area contributed by atoms with Crippen LogP contribution in [0.25, 0.3) is 11.3 Å². The fourth-order valence-electron chi connectivity index (χ4n) is 4.05. The standard InChI is InChI=1S/C23H26N4O4/c1-15-12-20(31-26-15)19-14-21(28)24-25-23(19)17-8-10-27(11-9-17)22(29)7-6-16-4-3-5-18(13-16)30-2/h3-5,12-14,17H,6-11H2,1-2H3,(H,24,28). The number of likely N-dealkylation sites (tertiary alicyclic amines) is 1. The highest BCUT2D eigenvalue weighted by Gasteiger charge is 2.27. The zero-order valence-corrected chi connectivity index (χ0v) is 17.8. The average molecular weight is 422 g/mol. The van der Waals surface area contributed by atoms with Crippen LogP contribution < -0.4 is 10.3 Å². The second kappa shape index (κ2) is 9.16. The molecular weight excluding hydrogens is 396 g/mol. The molecule has 8 nitrogen and oxygen atoms in total. The normalized spacial score (nSPS) is 14.6. The first kappa shape index (κ1) is 20.8. The number of nitrogens with one attached hydrogen (secondary N) is 1. The minimum atomic E-state index is -0.280. The van der Waals surface area contributed by atoms with Gasteiger partial charge in [0.25, 0.3) is 5.56 Å². The Morgan fingerprint density at radius 2 is 2.06 bits per heavy atom. The number of aromatic amines is 1. The number of aryl methyl sites for hydroxylation is 2. The van der Waals surface area contributed by atoms with Crippen LogP contribution in [0.5, 0.6) is 5.75 Å². The number of methoxy groups -OCH3 is 1. The van der Waals surface area contributed by atoms with Crippen LogP contribution in [0.4, 0.5) is 0 Å². The van der Waals surface area contributed by atoms with Crippen LogP contribution in [-0.4, -0.2) is 46.4 Å². The predicted molar refractivity (Wildman–Crippen MR) is 115 cm³/mol. The van der Waals surface area contributed by atoms with E-state index in [-0.39, 0.29) is 17.4 Å². The zero-order chi connectivity index (χ0) is 21.8. The summed E-state index contributed by atoms with van der Waals surface area (Å²) >= 11 is 0. The van der Waals surface area contributed by atoms with E-state index >= 15 is 0 Å².